The number of carbonyl (C=O) groups excluding carboxylic acids is 2. The third-order valence-electron chi connectivity index (χ3n) is 2.35. The van der Waals surface area contributed by atoms with Crippen LogP contribution < -0.4 is 10.4 Å². The Bertz CT molecular complexity index is 262. The summed E-state index contributed by atoms with van der Waals surface area (Å²) in [5, 5.41) is 12.9. The number of hydrogen-bond acceptors (Lipinski definition) is 3. The fraction of sp³-hybridized carbons (Fsp3) is 0.636. The lowest BCUT2D eigenvalue weighted by Gasteiger charge is -2.29. The summed E-state index contributed by atoms with van der Waals surface area (Å²) in [4.78, 5) is 21.1. The molecule has 0 radical (unpaired) electrons. The van der Waals surface area contributed by atoms with Gasteiger partial charge in [0, 0.05) is 12.4 Å². The molecule has 5 nitrogen and oxygen atoms in total. The van der Waals surface area contributed by atoms with Crippen LogP contribution in [-0.2, 0) is 9.59 Å². The minimum atomic E-state index is -1.01. The van der Waals surface area contributed by atoms with Gasteiger partial charge in [-0.05, 0) is 12.5 Å². The number of amides is 1. The van der Waals surface area contributed by atoms with Crippen molar-refractivity contribution in [1.29, 1.82) is 0 Å². The highest BCUT2D eigenvalue weighted by Gasteiger charge is 2.14. The van der Waals surface area contributed by atoms with Gasteiger partial charge in [-0.3, -0.25) is 4.79 Å². The van der Waals surface area contributed by atoms with Crippen molar-refractivity contribution >= 4 is 11.9 Å². The second kappa shape index (κ2) is 7.00. The zero-order valence-electron chi connectivity index (χ0n) is 9.99. The van der Waals surface area contributed by atoms with E-state index >= 15 is 0 Å². The van der Waals surface area contributed by atoms with E-state index in [1.165, 1.54) is 6.08 Å². The van der Waals surface area contributed by atoms with Crippen LogP contribution in [0.25, 0.3) is 0 Å². The van der Waals surface area contributed by atoms with Crippen LogP contribution >= 0.6 is 0 Å². The molecule has 0 aliphatic carbocycles. The molecule has 0 bridgehead atoms. The predicted molar refractivity (Wildman–Crippen MR) is 59.3 cm³/mol. The first-order valence-corrected chi connectivity index (χ1v) is 5.29. The molecule has 1 N–H and O–H groups in total. The first-order valence-electron chi connectivity index (χ1n) is 5.29. The lowest BCUT2D eigenvalue weighted by atomic mass is 10.2. The highest BCUT2D eigenvalue weighted by Crippen LogP contribution is 2.00. The Kier molecular flexibility index (Phi) is 6.41. The van der Waals surface area contributed by atoms with Gasteiger partial charge in [-0.1, -0.05) is 6.58 Å². The van der Waals surface area contributed by atoms with Crippen molar-refractivity contribution in [3.05, 3.63) is 12.7 Å². The molecule has 0 spiro atoms. The van der Waals surface area contributed by atoms with Crippen molar-refractivity contribution in [2.75, 3.05) is 33.7 Å². The third kappa shape index (κ3) is 7.99. The fourth-order valence-corrected chi connectivity index (χ4v) is 1.32. The molecule has 0 unspecified atom stereocenters. The molecule has 0 saturated carbocycles. The minimum absolute atomic E-state index is 0.0840. The van der Waals surface area contributed by atoms with Gasteiger partial charge in [0.15, 0.2) is 0 Å². The SMILES string of the molecule is C=CC(=O)NCC[N+](C)(C)CCCC(=O)[O-]. The van der Waals surface area contributed by atoms with Crippen LogP contribution in [0.2, 0.25) is 0 Å². The Morgan fingerprint density at radius 1 is 1.38 bits per heavy atom. The van der Waals surface area contributed by atoms with Crippen LogP contribution in [0.4, 0.5) is 0 Å². The lowest BCUT2D eigenvalue weighted by molar-refractivity contribution is -0.889. The average molecular weight is 228 g/mol. The van der Waals surface area contributed by atoms with Gasteiger partial charge < -0.3 is 19.7 Å². The van der Waals surface area contributed by atoms with Crippen molar-refractivity contribution in [1.82, 2.24) is 5.32 Å². The summed E-state index contributed by atoms with van der Waals surface area (Å²) in [6.07, 6.45) is 1.90. The van der Waals surface area contributed by atoms with Gasteiger partial charge in [0.25, 0.3) is 0 Å². The average Bonchev–Trinajstić information content (AvgIpc) is 2.16. The molecule has 0 aromatic rings. The van der Waals surface area contributed by atoms with E-state index in [4.69, 9.17) is 0 Å². The summed E-state index contributed by atoms with van der Waals surface area (Å²) >= 11 is 0. The van der Waals surface area contributed by atoms with Gasteiger partial charge in [-0.15, -0.1) is 0 Å². The number of aliphatic carboxylic acids is 1. The topological polar surface area (TPSA) is 69.2 Å². The number of nitrogens with one attached hydrogen (secondary N) is 1. The molecular formula is C11H20N2O3. The Morgan fingerprint density at radius 3 is 2.50 bits per heavy atom. The van der Waals surface area contributed by atoms with Crippen LogP contribution in [0.5, 0.6) is 0 Å². The Labute approximate surface area is 96.3 Å². The van der Waals surface area contributed by atoms with Crippen LogP contribution in [0.1, 0.15) is 12.8 Å². The van der Waals surface area contributed by atoms with Crippen molar-refractivity contribution in [3.63, 3.8) is 0 Å². The molecule has 1 amide bonds. The zero-order chi connectivity index (χ0) is 12.6. The molecule has 0 aromatic carbocycles. The van der Waals surface area contributed by atoms with E-state index in [1.807, 2.05) is 14.1 Å². The van der Waals surface area contributed by atoms with E-state index in [1.54, 1.807) is 0 Å². The lowest BCUT2D eigenvalue weighted by Crippen LogP contribution is -2.46. The van der Waals surface area contributed by atoms with Crippen molar-refractivity contribution in [3.8, 4) is 0 Å². The largest absolute Gasteiger partial charge is 0.550 e. The predicted octanol–water partition coefficient (Wildman–Crippen LogP) is -1.10. The zero-order valence-corrected chi connectivity index (χ0v) is 9.99. The molecule has 5 heteroatoms. The number of quaternary nitrogens is 1. The summed E-state index contributed by atoms with van der Waals surface area (Å²) < 4.78 is 0.671. The molecule has 92 valence electrons. The Morgan fingerprint density at radius 2 is 2.00 bits per heavy atom. The highest BCUT2D eigenvalue weighted by molar-refractivity contribution is 5.86. The number of carboxylic acids is 1. The van der Waals surface area contributed by atoms with Gasteiger partial charge in [-0.25, -0.2) is 0 Å². The van der Waals surface area contributed by atoms with Gasteiger partial charge in [0.2, 0.25) is 5.91 Å². The number of rotatable bonds is 8. The maximum atomic E-state index is 10.9. The second-order valence-corrected chi connectivity index (χ2v) is 4.35. The van der Waals surface area contributed by atoms with Gasteiger partial charge in [-0.2, -0.15) is 0 Å². The summed E-state index contributed by atoms with van der Waals surface area (Å²) in [6.45, 7) is 5.42. The van der Waals surface area contributed by atoms with Crippen molar-refractivity contribution < 1.29 is 19.2 Å². The van der Waals surface area contributed by atoms with Crippen LogP contribution in [0.15, 0.2) is 12.7 Å². The highest BCUT2D eigenvalue weighted by atomic mass is 16.4. The number of carboxylic acid groups (broad SMARTS) is 1. The van der Waals surface area contributed by atoms with E-state index in [2.05, 4.69) is 11.9 Å². The van der Waals surface area contributed by atoms with E-state index in [0.717, 1.165) is 13.1 Å². The standard InChI is InChI=1S/C11H20N2O3/c1-4-10(14)12-7-9-13(2,3)8-5-6-11(15)16/h4H,1,5-9H2,2-3H3,(H-,12,14,15,16). The van der Waals surface area contributed by atoms with E-state index in [0.29, 0.717) is 17.4 Å². The first kappa shape index (κ1) is 14.6. The molecule has 16 heavy (non-hydrogen) atoms. The smallest absolute Gasteiger partial charge is 0.243 e. The molecular weight excluding hydrogens is 208 g/mol. The number of hydrogen-bond donors (Lipinski definition) is 1. The summed E-state index contributed by atoms with van der Waals surface area (Å²) in [5.74, 6) is -1.20. The van der Waals surface area contributed by atoms with Crippen molar-refractivity contribution in [2.24, 2.45) is 0 Å². The van der Waals surface area contributed by atoms with Crippen molar-refractivity contribution in [2.45, 2.75) is 12.8 Å². The van der Waals surface area contributed by atoms with Crippen LogP contribution in [0.3, 0.4) is 0 Å². The fourth-order valence-electron chi connectivity index (χ4n) is 1.32. The Hall–Kier alpha value is -1.36. The third-order valence-corrected chi connectivity index (χ3v) is 2.35. The van der Waals surface area contributed by atoms with Crippen LogP contribution in [-0.4, -0.2) is 50.1 Å². The number of likely N-dealkylation sites (N-methyl/N-ethyl adjacent to an activating group) is 1. The minimum Gasteiger partial charge on any atom is -0.550 e. The van der Waals surface area contributed by atoms with E-state index in [-0.39, 0.29) is 12.3 Å². The van der Waals surface area contributed by atoms with Crippen LogP contribution in [0, 0.1) is 0 Å². The molecule has 0 heterocycles. The Balaban J connectivity index is 3.73. The molecule has 0 atom stereocenters. The monoisotopic (exact) mass is 228 g/mol. The number of nitrogens with zero attached hydrogens (tertiary/aromatic N) is 1. The summed E-state index contributed by atoms with van der Waals surface area (Å²) in [7, 11) is 3.99. The normalized spacial score (nSPS) is 10.9. The summed E-state index contributed by atoms with van der Waals surface area (Å²) in [6, 6.07) is 0. The van der Waals surface area contributed by atoms with E-state index < -0.39 is 5.97 Å². The summed E-state index contributed by atoms with van der Waals surface area (Å²) in [5.41, 5.74) is 0. The second-order valence-electron chi connectivity index (χ2n) is 4.35. The maximum absolute atomic E-state index is 10.9. The molecule has 0 aliphatic heterocycles. The molecule has 0 aliphatic rings. The molecule has 0 saturated heterocycles. The maximum Gasteiger partial charge on any atom is 0.243 e. The molecule has 0 fully saturated rings. The van der Waals surface area contributed by atoms with Gasteiger partial charge in [0.1, 0.15) is 0 Å². The first-order chi connectivity index (χ1) is 7.37. The van der Waals surface area contributed by atoms with Gasteiger partial charge >= 0.3 is 0 Å². The molecule has 0 rings (SSSR count). The molecule has 0 aromatic heterocycles. The van der Waals surface area contributed by atoms with E-state index in [9.17, 15) is 14.7 Å². The quantitative estimate of drug-likeness (QED) is 0.423. The van der Waals surface area contributed by atoms with Gasteiger partial charge in [0.05, 0.1) is 33.7 Å². The number of carbonyl (C=O) groups is 2.